The summed E-state index contributed by atoms with van der Waals surface area (Å²) >= 11 is 9.39. The first-order chi connectivity index (χ1) is 13.5. The van der Waals surface area contributed by atoms with Crippen LogP contribution in [0.1, 0.15) is 18.2 Å². The molecule has 0 saturated carbocycles. The molecule has 0 saturated heterocycles. The Morgan fingerprint density at radius 2 is 1.93 bits per heavy atom. The lowest BCUT2D eigenvalue weighted by molar-refractivity contribution is -0.138. The Morgan fingerprint density at radius 3 is 2.64 bits per heavy atom. The number of halogens is 2. The summed E-state index contributed by atoms with van der Waals surface area (Å²) in [4.78, 5) is 14.8. The maximum Gasteiger partial charge on any atom is 0.263 e. The number of carbonyl (C=O) groups excluding carboxylic acids is 1. The molecule has 28 heavy (non-hydrogen) atoms. The van der Waals surface area contributed by atoms with Gasteiger partial charge in [0.15, 0.2) is 6.10 Å². The zero-order chi connectivity index (χ0) is 19.7. The van der Waals surface area contributed by atoms with E-state index in [9.17, 15) is 4.79 Å². The molecule has 1 aliphatic heterocycles. The molecule has 0 bridgehead atoms. The van der Waals surface area contributed by atoms with Gasteiger partial charge in [0, 0.05) is 45.8 Å². The quantitative estimate of drug-likeness (QED) is 0.606. The van der Waals surface area contributed by atoms with Gasteiger partial charge < -0.3 is 9.64 Å². The Kier molecular flexibility index (Phi) is 5.42. The standard InChI is InChI=1S/C21H19BrClN3O2/c1-13(28-17-8-4-15(22)5-9-17)21(27)26-11-10-19-18(12-26)20(25-24-19)14-2-6-16(23)7-3-14/h2-9,13H,10-12H2,1H3,(H,24,25). The molecule has 0 fully saturated rings. The molecule has 5 nitrogen and oxygen atoms in total. The van der Waals surface area contributed by atoms with Crippen LogP contribution in [0.15, 0.2) is 53.0 Å². The lowest BCUT2D eigenvalue weighted by atomic mass is 10.0. The van der Waals surface area contributed by atoms with Crippen LogP contribution in [0, 0.1) is 0 Å². The van der Waals surface area contributed by atoms with Gasteiger partial charge in [0.2, 0.25) is 0 Å². The smallest absolute Gasteiger partial charge is 0.263 e. The van der Waals surface area contributed by atoms with Crippen LogP contribution in [-0.2, 0) is 17.8 Å². The van der Waals surface area contributed by atoms with Crippen molar-refractivity contribution in [2.75, 3.05) is 6.54 Å². The molecule has 3 aromatic rings. The maximum atomic E-state index is 12.9. The van der Waals surface area contributed by atoms with Crippen molar-refractivity contribution < 1.29 is 9.53 Å². The van der Waals surface area contributed by atoms with Crippen molar-refractivity contribution in [2.24, 2.45) is 0 Å². The number of H-pyrrole nitrogens is 1. The number of rotatable bonds is 4. The molecule has 0 radical (unpaired) electrons. The first-order valence-electron chi connectivity index (χ1n) is 9.04. The van der Waals surface area contributed by atoms with Crippen LogP contribution in [-0.4, -0.2) is 33.7 Å². The van der Waals surface area contributed by atoms with Gasteiger partial charge in [-0.15, -0.1) is 0 Å². The second-order valence-corrected chi connectivity index (χ2v) is 8.11. The summed E-state index contributed by atoms with van der Waals surface area (Å²) in [7, 11) is 0. The number of nitrogens with one attached hydrogen (secondary N) is 1. The third kappa shape index (κ3) is 3.93. The first-order valence-corrected chi connectivity index (χ1v) is 10.2. The molecule has 1 aromatic heterocycles. The minimum atomic E-state index is -0.561. The summed E-state index contributed by atoms with van der Waals surface area (Å²) in [5.74, 6) is 0.642. The second-order valence-electron chi connectivity index (χ2n) is 6.76. The van der Waals surface area contributed by atoms with E-state index in [1.165, 1.54) is 0 Å². The molecule has 144 valence electrons. The van der Waals surface area contributed by atoms with E-state index in [-0.39, 0.29) is 5.91 Å². The van der Waals surface area contributed by atoms with Gasteiger partial charge in [0.1, 0.15) is 5.75 Å². The number of carbonyl (C=O) groups is 1. The highest BCUT2D eigenvalue weighted by molar-refractivity contribution is 9.10. The van der Waals surface area contributed by atoms with Crippen molar-refractivity contribution in [3.05, 3.63) is 69.3 Å². The van der Waals surface area contributed by atoms with Gasteiger partial charge in [-0.1, -0.05) is 39.7 Å². The summed E-state index contributed by atoms with van der Waals surface area (Å²) in [5, 5.41) is 8.27. The van der Waals surface area contributed by atoms with E-state index in [0.717, 1.165) is 33.4 Å². The van der Waals surface area contributed by atoms with E-state index in [0.29, 0.717) is 23.9 Å². The van der Waals surface area contributed by atoms with Gasteiger partial charge in [0.05, 0.1) is 5.69 Å². The SMILES string of the molecule is CC(Oc1ccc(Br)cc1)C(=O)N1CCc2[nH]nc(-c3ccc(Cl)cc3)c2C1. The largest absolute Gasteiger partial charge is 0.481 e. The van der Waals surface area contributed by atoms with Crippen LogP contribution in [0.4, 0.5) is 0 Å². The molecule has 0 aliphatic carbocycles. The molecule has 7 heteroatoms. The first kappa shape index (κ1) is 19.0. The van der Waals surface area contributed by atoms with Gasteiger partial charge in [-0.3, -0.25) is 9.89 Å². The van der Waals surface area contributed by atoms with Crippen molar-refractivity contribution >= 4 is 33.4 Å². The van der Waals surface area contributed by atoms with Gasteiger partial charge in [0.25, 0.3) is 5.91 Å². The third-order valence-corrected chi connectivity index (χ3v) is 5.62. The molecule has 1 unspecified atom stereocenters. The van der Waals surface area contributed by atoms with Crippen molar-refractivity contribution in [3.63, 3.8) is 0 Å². The topological polar surface area (TPSA) is 58.2 Å². The van der Waals surface area contributed by atoms with Gasteiger partial charge in [-0.2, -0.15) is 5.10 Å². The molecule has 1 amide bonds. The van der Waals surface area contributed by atoms with Gasteiger partial charge >= 0.3 is 0 Å². The molecule has 1 N–H and O–H groups in total. The molecular formula is C21H19BrClN3O2. The molecular weight excluding hydrogens is 442 g/mol. The summed E-state index contributed by atoms with van der Waals surface area (Å²) < 4.78 is 6.80. The minimum absolute atomic E-state index is 0.0307. The fraction of sp³-hybridized carbons (Fsp3) is 0.238. The highest BCUT2D eigenvalue weighted by atomic mass is 79.9. The summed E-state index contributed by atoms with van der Waals surface area (Å²) in [6.45, 7) is 2.94. The van der Waals surface area contributed by atoms with Crippen LogP contribution in [0.25, 0.3) is 11.3 Å². The fourth-order valence-corrected chi connectivity index (χ4v) is 3.74. The van der Waals surface area contributed by atoms with Crippen molar-refractivity contribution in [1.82, 2.24) is 15.1 Å². The van der Waals surface area contributed by atoms with Crippen LogP contribution in [0.5, 0.6) is 5.75 Å². The van der Waals surface area contributed by atoms with E-state index in [4.69, 9.17) is 16.3 Å². The Morgan fingerprint density at radius 1 is 1.21 bits per heavy atom. The molecule has 1 atom stereocenters. The minimum Gasteiger partial charge on any atom is -0.481 e. The van der Waals surface area contributed by atoms with E-state index in [1.807, 2.05) is 53.4 Å². The van der Waals surface area contributed by atoms with E-state index < -0.39 is 6.10 Å². The van der Waals surface area contributed by atoms with Crippen molar-refractivity contribution in [2.45, 2.75) is 26.0 Å². The van der Waals surface area contributed by atoms with Crippen LogP contribution in [0.2, 0.25) is 5.02 Å². The monoisotopic (exact) mass is 459 g/mol. The molecule has 2 heterocycles. The van der Waals surface area contributed by atoms with Crippen molar-refractivity contribution in [1.29, 1.82) is 0 Å². The Hall–Kier alpha value is -2.31. The van der Waals surface area contributed by atoms with E-state index >= 15 is 0 Å². The Balaban J connectivity index is 1.50. The normalized spacial score (nSPS) is 14.5. The predicted octanol–water partition coefficient (Wildman–Crippen LogP) is 4.84. The predicted molar refractivity (Wildman–Crippen MR) is 112 cm³/mol. The zero-order valence-electron chi connectivity index (χ0n) is 15.3. The number of aromatic amines is 1. The number of hydrogen-bond acceptors (Lipinski definition) is 3. The molecule has 1 aliphatic rings. The highest BCUT2D eigenvalue weighted by Gasteiger charge is 2.29. The van der Waals surface area contributed by atoms with E-state index in [1.54, 1.807) is 6.92 Å². The fourth-order valence-electron chi connectivity index (χ4n) is 3.35. The Labute approximate surface area is 176 Å². The number of aromatic nitrogens is 2. The second kappa shape index (κ2) is 7.97. The number of fused-ring (bicyclic) bond motifs is 1. The van der Waals surface area contributed by atoms with Gasteiger partial charge in [-0.25, -0.2) is 0 Å². The van der Waals surface area contributed by atoms with Gasteiger partial charge in [-0.05, 0) is 43.3 Å². The summed E-state index contributed by atoms with van der Waals surface area (Å²) in [6.07, 6.45) is 0.181. The molecule has 0 spiro atoms. The third-order valence-electron chi connectivity index (χ3n) is 4.84. The Bertz CT molecular complexity index is 986. The van der Waals surface area contributed by atoms with Crippen LogP contribution in [0.3, 0.4) is 0 Å². The van der Waals surface area contributed by atoms with Crippen LogP contribution >= 0.6 is 27.5 Å². The lowest BCUT2D eigenvalue weighted by Crippen LogP contribution is -2.43. The lowest BCUT2D eigenvalue weighted by Gasteiger charge is -2.29. The molecule has 2 aromatic carbocycles. The van der Waals surface area contributed by atoms with Crippen molar-refractivity contribution in [3.8, 4) is 17.0 Å². The van der Waals surface area contributed by atoms with E-state index in [2.05, 4.69) is 26.1 Å². The number of ether oxygens (including phenoxy) is 1. The number of hydrogen-bond donors (Lipinski definition) is 1. The average Bonchev–Trinajstić information content (AvgIpc) is 3.13. The van der Waals surface area contributed by atoms with Crippen LogP contribution < -0.4 is 4.74 Å². The molecule has 4 rings (SSSR count). The number of benzene rings is 2. The average molecular weight is 461 g/mol. The summed E-state index contributed by atoms with van der Waals surface area (Å²) in [5.41, 5.74) is 3.98. The maximum absolute atomic E-state index is 12.9. The highest BCUT2D eigenvalue weighted by Crippen LogP contribution is 2.29. The number of amides is 1. The number of nitrogens with zero attached hydrogens (tertiary/aromatic N) is 2. The zero-order valence-corrected chi connectivity index (χ0v) is 17.6. The summed E-state index contributed by atoms with van der Waals surface area (Å²) in [6, 6.07) is 15.0.